The summed E-state index contributed by atoms with van der Waals surface area (Å²) in [5.74, 6) is -0.0884. The molecule has 3 nitrogen and oxygen atoms in total. The summed E-state index contributed by atoms with van der Waals surface area (Å²) >= 11 is 5.78. The number of halogens is 2. The zero-order valence-electron chi connectivity index (χ0n) is 10.7. The fourth-order valence-electron chi connectivity index (χ4n) is 2.43. The number of hydrogen-bond acceptors (Lipinski definition) is 3. The van der Waals surface area contributed by atoms with Gasteiger partial charge in [0, 0.05) is 17.6 Å². The summed E-state index contributed by atoms with van der Waals surface area (Å²) in [6.07, 6.45) is 1.26. The van der Waals surface area contributed by atoms with Crippen LogP contribution in [0.3, 0.4) is 0 Å². The van der Waals surface area contributed by atoms with Gasteiger partial charge in [0.15, 0.2) is 9.84 Å². The van der Waals surface area contributed by atoms with Crippen LogP contribution in [-0.2, 0) is 9.84 Å². The molecule has 1 saturated heterocycles. The van der Waals surface area contributed by atoms with E-state index in [2.05, 4.69) is 5.32 Å². The van der Waals surface area contributed by atoms with Crippen molar-refractivity contribution in [3.05, 3.63) is 34.6 Å². The first-order valence-corrected chi connectivity index (χ1v) is 8.53. The molecule has 0 amide bonds. The molecule has 106 valence electrons. The van der Waals surface area contributed by atoms with Gasteiger partial charge in [-0.3, -0.25) is 0 Å². The van der Waals surface area contributed by atoms with Gasteiger partial charge in [-0.1, -0.05) is 30.7 Å². The average Bonchev–Trinajstić information content (AvgIpc) is 2.70. The molecule has 1 heterocycles. The lowest BCUT2D eigenvalue weighted by molar-refractivity contribution is 0.434. The van der Waals surface area contributed by atoms with Crippen molar-refractivity contribution in [2.24, 2.45) is 0 Å². The third-order valence-electron chi connectivity index (χ3n) is 3.43. The fourth-order valence-corrected chi connectivity index (χ4v) is 4.30. The molecule has 0 aliphatic carbocycles. The SMILES string of the molecule is CCC(NC1CCS(=O)(=O)C1)c1cccc(Cl)c1F. The second-order valence-corrected chi connectivity index (χ2v) is 7.51. The maximum atomic E-state index is 14.0. The number of hydrogen-bond donors (Lipinski definition) is 1. The van der Waals surface area contributed by atoms with Crippen LogP contribution in [0.15, 0.2) is 18.2 Å². The van der Waals surface area contributed by atoms with E-state index in [-0.39, 0.29) is 28.6 Å². The highest BCUT2D eigenvalue weighted by Gasteiger charge is 2.30. The van der Waals surface area contributed by atoms with Gasteiger partial charge < -0.3 is 5.32 Å². The Labute approximate surface area is 118 Å². The van der Waals surface area contributed by atoms with Gasteiger partial charge in [0.25, 0.3) is 0 Å². The zero-order valence-corrected chi connectivity index (χ0v) is 12.3. The molecule has 2 atom stereocenters. The van der Waals surface area contributed by atoms with Gasteiger partial charge in [-0.2, -0.15) is 0 Å². The van der Waals surface area contributed by atoms with Crippen molar-refractivity contribution in [2.45, 2.75) is 31.8 Å². The first-order chi connectivity index (χ1) is 8.93. The van der Waals surface area contributed by atoms with E-state index >= 15 is 0 Å². The van der Waals surface area contributed by atoms with Crippen LogP contribution in [0, 0.1) is 5.82 Å². The number of nitrogens with one attached hydrogen (secondary N) is 1. The number of benzene rings is 1. The van der Waals surface area contributed by atoms with Gasteiger partial charge in [0.2, 0.25) is 0 Å². The van der Waals surface area contributed by atoms with Gasteiger partial charge in [-0.25, -0.2) is 12.8 Å². The molecule has 2 unspecified atom stereocenters. The van der Waals surface area contributed by atoms with Gasteiger partial charge in [-0.15, -0.1) is 0 Å². The standard InChI is InChI=1S/C13H17ClFNO2S/c1-2-12(10-4-3-5-11(14)13(10)15)16-9-6-7-19(17,18)8-9/h3-5,9,12,16H,2,6-8H2,1H3. The maximum Gasteiger partial charge on any atom is 0.151 e. The Morgan fingerprint density at radius 2 is 2.26 bits per heavy atom. The van der Waals surface area contributed by atoms with Crippen LogP contribution >= 0.6 is 11.6 Å². The monoisotopic (exact) mass is 305 g/mol. The molecule has 0 bridgehead atoms. The van der Waals surface area contributed by atoms with Crippen LogP contribution in [0.25, 0.3) is 0 Å². The minimum absolute atomic E-state index is 0.0943. The number of sulfone groups is 1. The molecular formula is C13H17ClFNO2S. The van der Waals surface area contributed by atoms with Crippen LogP contribution in [-0.4, -0.2) is 26.0 Å². The average molecular weight is 306 g/mol. The predicted molar refractivity (Wildman–Crippen MR) is 74.6 cm³/mol. The fraction of sp³-hybridized carbons (Fsp3) is 0.538. The predicted octanol–water partition coefficient (Wildman–Crippen LogP) is 2.71. The third kappa shape index (κ3) is 3.46. The molecule has 6 heteroatoms. The van der Waals surface area contributed by atoms with Gasteiger partial charge >= 0.3 is 0 Å². The molecule has 1 aliphatic heterocycles. The molecule has 0 saturated carbocycles. The Morgan fingerprint density at radius 1 is 1.53 bits per heavy atom. The third-order valence-corrected chi connectivity index (χ3v) is 5.49. The van der Waals surface area contributed by atoms with Crippen molar-refractivity contribution >= 4 is 21.4 Å². The van der Waals surface area contributed by atoms with Crippen LogP contribution in [0.4, 0.5) is 4.39 Å². The molecule has 1 aromatic carbocycles. The van der Waals surface area contributed by atoms with E-state index in [0.717, 1.165) is 0 Å². The minimum Gasteiger partial charge on any atom is -0.306 e. The lowest BCUT2D eigenvalue weighted by Gasteiger charge is -2.22. The molecule has 0 spiro atoms. The van der Waals surface area contributed by atoms with E-state index in [1.165, 1.54) is 6.07 Å². The first-order valence-electron chi connectivity index (χ1n) is 6.33. The molecule has 19 heavy (non-hydrogen) atoms. The van der Waals surface area contributed by atoms with Gasteiger partial charge in [0.1, 0.15) is 5.82 Å². The Morgan fingerprint density at radius 3 is 2.84 bits per heavy atom. The van der Waals surface area contributed by atoms with E-state index in [1.54, 1.807) is 12.1 Å². The van der Waals surface area contributed by atoms with Crippen LogP contribution in [0.1, 0.15) is 31.4 Å². The van der Waals surface area contributed by atoms with Crippen molar-refractivity contribution in [2.75, 3.05) is 11.5 Å². The van der Waals surface area contributed by atoms with E-state index in [4.69, 9.17) is 11.6 Å². The lowest BCUT2D eigenvalue weighted by Crippen LogP contribution is -2.34. The summed E-state index contributed by atoms with van der Waals surface area (Å²) in [7, 11) is -2.93. The summed E-state index contributed by atoms with van der Waals surface area (Å²) in [5.41, 5.74) is 0.499. The Kier molecular flexibility index (Phi) is 4.48. The molecule has 2 rings (SSSR count). The molecular weight excluding hydrogens is 289 g/mol. The van der Waals surface area contributed by atoms with Crippen molar-refractivity contribution in [1.82, 2.24) is 5.32 Å². The second-order valence-electron chi connectivity index (χ2n) is 4.87. The van der Waals surface area contributed by atoms with Crippen LogP contribution in [0.2, 0.25) is 5.02 Å². The summed E-state index contributed by atoms with van der Waals surface area (Å²) in [5, 5.41) is 3.32. The highest BCUT2D eigenvalue weighted by molar-refractivity contribution is 7.91. The van der Waals surface area contributed by atoms with Gasteiger partial charge in [-0.05, 0) is 18.9 Å². The topological polar surface area (TPSA) is 46.2 Å². The van der Waals surface area contributed by atoms with Crippen LogP contribution < -0.4 is 5.32 Å². The van der Waals surface area contributed by atoms with E-state index in [0.29, 0.717) is 18.4 Å². The summed E-state index contributed by atoms with van der Waals surface area (Å²) < 4.78 is 36.8. The molecule has 1 N–H and O–H groups in total. The lowest BCUT2D eigenvalue weighted by atomic mass is 10.0. The number of rotatable bonds is 4. The smallest absolute Gasteiger partial charge is 0.151 e. The van der Waals surface area contributed by atoms with E-state index in [1.807, 2.05) is 6.92 Å². The van der Waals surface area contributed by atoms with Crippen molar-refractivity contribution in [1.29, 1.82) is 0 Å². The van der Waals surface area contributed by atoms with E-state index < -0.39 is 15.7 Å². The first kappa shape index (κ1) is 14.8. The largest absolute Gasteiger partial charge is 0.306 e. The quantitative estimate of drug-likeness (QED) is 0.930. The Bertz CT molecular complexity index is 562. The zero-order chi connectivity index (χ0) is 14.0. The van der Waals surface area contributed by atoms with E-state index in [9.17, 15) is 12.8 Å². The Balaban J connectivity index is 2.15. The normalized spacial score (nSPS) is 23.4. The van der Waals surface area contributed by atoms with Crippen molar-refractivity contribution in [3.63, 3.8) is 0 Å². The summed E-state index contributed by atoms with van der Waals surface area (Å²) in [6, 6.07) is 4.58. The minimum atomic E-state index is -2.93. The summed E-state index contributed by atoms with van der Waals surface area (Å²) in [4.78, 5) is 0. The van der Waals surface area contributed by atoms with Crippen molar-refractivity contribution in [3.8, 4) is 0 Å². The molecule has 1 fully saturated rings. The highest BCUT2D eigenvalue weighted by atomic mass is 35.5. The molecule has 1 aliphatic rings. The van der Waals surface area contributed by atoms with Crippen molar-refractivity contribution < 1.29 is 12.8 Å². The summed E-state index contributed by atoms with van der Waals surface area (Å²) in [6.45, 7) is 1.93. The highest BCUT2D eigenvalue weighted by Crippen LogP contribution is 2.26. The van der Waals surface area contributed by atoms with Gasteiger partial charge in [0.05, 0.1) is 16.5 Å². The second kappa shape index (κ2) is 5.77. The molecule has 1 aromatic rings. The maximum absolute atomic E-state index is 14.0. The molecule has 0 radical (unpaired) electrons. The van der Waals surface area contributed by atoms with Crippen LogP contribution in [0.5, 0.6) is 0 Å². The Hall–Kier alpha value is -0.650. The molecule has 0 aromatic heterocycles.